The average molecular weight is 368 g/mol. The summed E-state index contributed by atoms with van der Waals surface area (Å²) in [5.74, 6) is 1.40. The first-order valence-electron chi connectivity index (χ1n) is 7.62. The number of aromatic nitrogens is 1. The molecular formula is C16H18ClN3O3S. The first kappa shape index (κ1) is 17.0. The molecule has 1 aliphatic heterocycles. The molecule has 1 atom stereocenters. The van der Waals surface area contributed by atoms with Crippen LogP contribution in [-0.4, -0.2) is 47.4 Å². The Labute approximate surface area is 150 Å². The summed E-state index contributed by atoms with van der Waals surface area (Å²) < 4.78 is 16.7. The Bertz CT molecular complexity index is 668. The van der Waals surface area contributed by atoms with Gasteiger partial charge in [-0.3, -0.25) is 0 Å². The molecule has 3 heterocycles. The van der Waals surface area contributed by atoms with Crippen LogP contribution >= 0.6 is 23.8 Å². The Morgan fingerprint density at radius 2 is 2.38 bits per heavy atom. The molecule has 128 valence electrons. The molecule has 1 fully saturated rings. The molecule has 24 heavy (non-hydrogen) atoms. The quantitative estimate of drug-likeness (QED) is 0.643. The van der Waals surface area contributed by atoms with E-state index in [1.165, 1.54) is 0 Å². The van der Waals surface area contributed by atoms with Crippen molar-refractivity contribution in [3.8, 4) is 5.75 Å². The largest absolute Gasteiger partial charge is 0.488 e. The van der Waals surface area contributed by atoms with E-state index in [4.69, 9.17) is 37.7 Å². The summed E-state index contributed by atoms with van der Waals surface area (Å²) in [4.78, 5) is 6.05. The number of hydrogen-bond acceptors (Lipinski definition) is 5. The summed E-state index contributed by atoms with van der Waals surface area (Å²) in [5, 5.41) is 4.22. The van der Waals surface area contributed by atoms with Gasteiger partial charge < -0.3 is 24.1 Å². The van der Waals surface area contributed by atoms with Gasteiger partial charge in [0.15, 0.2) is 16.0 Å². The predicted octanol–water partition coefficient (Wildman–Crippen LogP) is 2.48. The lowest BCUT2D eigenvalue weighted by Crippen LogP contribution is -2.50. The lowest BCUT2D eigenvalue weighted by Gasteiger charge is -2.34. The monoisotopic (exact) mass is 367 g/mol. The second kappa shape index (κ2) is 8.32. The zero-order valence-corrected chi connectivity index (χ0v) is 14.6. The molecule has 0 aromatic carbocycles. The third-order valence-corrected chi connectivity index (χ3v) is 4.26. The van der Waals surface area contributed by atoms with Crippen molar-refractivity contribution < 1.29 is 13.9 Å². The smallest absolute Gasteiger partial charge is 0.171 e. The van der Waals surface area contributed by atoms with Crippen LogP contribution in [0.15, 0.2) is 41.1 Å². The molecule has 1 saturated heterocycles. The topological polar surface area (TPSA) is 59.8 Å². The molecule has 0 amide bonds. The van der Waals surface area contributed by atoms with Crippen molar-refractivity contribution in [2.45, 2.75) is 12.6 Å². The van der Waals surface area contributed by atoms with Crippen LogP contribution in [0.25, 0.3) is 0 Å². The zero-order chi connectivity index (χ0) is 16.8. The normalized spacial score (nSPS) is 17.5. The van der Waals surface area contributed by atoms with Gasteiger partial charge in [0.05, 0.1) is 19.4 Å². The number of pyridine rings is 1. The third kappa shape index (κ3) is 4.59. The molecule has 0 radical (unpaired) electrons. The van der Waals surface area contributed by atoms with Gasteiger partial charge in [0.1, 0.15) is 18.5 Å². The van der Waals surface area contributed by atoms with Gasteiger partial charge in [-0.15, -0.1) is 0 Å². The Kier molecular flexibility index (Phi) is 5.90. The highest BCUT2D eigenvalue weighted by Gasteiger charge is 2.23. The van der Waals surface area contributed by atoms with E-state index in [2.05, 4.69) is 15.2 Å². The summed E-state index contributed by atoms with van der Waals surface area (Å²) >= 11 is 11.4. The minimum Gasteiger partial charge on any atom is -0.488 e. The number of nitrogens with zero attached hydrogens (tertiary/aromatic N) is 2. The highest BCUT2D eigenvalue weighted by atomic mass is 35.5. The first-order chi connectivity index (χ1) is 11.7. The van der Waals surface area contributed by atoms with E-state index in [1.54, 1.807) is 24.6 Å². The summed E-state index contributed by atoms with van der Waals surface area (Å²) in [6.45, 7) is 2.95. The van der Waals surface area contributed by atoms with Crippen LogP contribution in [-0.2, 0) is 11.3 Å². The van der Waals surface area contributed by atoms with Gasteiger partial charge in [-0.2, -0.15) is 0 Å². The molecule has 3 rings (SSSR count). The molecule has 6 nitrogen and oxygen atoms in total. The van der Waals surface area contributed by atoms with E-state index >= 15 is 0 Å². The Morgan fingerprint density at radius 1 is 1.46 bits per heavy atom. The van der Waals surface area contributed by atoms with Gasteiger partial charge in [-0.05, 0) is 36.5 Å². The fraction of sp³-hybridized carbons (Fsp3) is 0.375. The number of thiocarbonyl (C=S) groups is 1. The summed E-state index contributed by atoms with van der Waals surface area (Å²) in [6, 6.07) is 7.32. The molecule has 1 unspecified atom stereocenters. The van der Waals surface area contributed by atoms with E-state index in [1.807, 2.05) is 12.1 Å². The van der Waals surface area contributed by atoms with Gasteiger partial charge in [0, 0.05) is 19.3 Å². The van der Waals surface area contributed by atoms with Gasteiger partial charge >= 0.3 is 0 Å². The Balaban J connectivity index is 1.47. The van der Waals surface area contributed by atoms with Crippen molar-refractivity contribution in [3.05, 3.63) is 47.6 Å². The summed E-state index contributed by atoms with van der Waals surface area (Å²) in [5.41, 5.74) is 0. The highest BCUT2D eigenvalue weighted by molar-refractivity contribution is 7.80. The van der Waals surface area contributed by atoms with Crippen LogP contribution in [0, 0.1) is 0 Å². The number of morpholine rings is 1. The van der Waals surface area contributed by atoms with Gasteiger partial charge in [0.25, 0.3) is 0 Å². The standard InChI is InChI=1S/C16H18ClN3O3S/c17-15-14(4-1-5-18-15)23-11-13-10-20(6-8-22-13)16(24)19-9-12-3-2-7-21-12/h1-5,7,13H,6,8-11H2,(H,19,24). The fourth-order valence-corrected chi connectivity index (χ4v) is 2.77. The van der Waals surface area contributed by atoms with Crippen LogP contribution in [0.5, 0.6) is 5.75 Å². The van der Waals surface area contributed by atoms with E-state index in [0.717, 1.165) is 12.3 Å². The molecule has 0 aliphatic carbocycles. The summed E-state index contributed by atoms with van der Waals surface area (Å²) in [6.07, 6.45) is 3.18. The van der Waals surface area contributed by atoms with Crippen LogP contribution in [0.4, 0.5) is 0 Å². The van der Waals surface area contributed by atoms with Crippen molar-refractivity contribution in [2.75, 3.05) is 26.3 Å². The third-order valence-electron chi connectivity index (χ3n) is 3.57. The summed E-state index contributed by atoms with van der Waals surface area (Å²) in [7, 11) is 0. The minimum atomic E-state index is -0.0848. The number of rotatable bonds is 5. The maximum absolute atomic E-state index is 5.98. The van der Waals surface area contributed by atoms with E-state index in [0.29, 0.717) is 42.3 Å². The SMILES string of the molecule is S=C(NCc1ccco1)N1CCOC(COc2cccnc2Cl)C1. The zero-order valence-electron chi connectivity index (χ0n) is 13.0. The van der Waals surface area contributed by atoms with Crippen LogP contribution < -0.4 is 10.1 Å². The fourth-order valence-electron chi connectivity index (χ4n) is 2.35. The molecule has 2 aromatic rings. The molecule has 0 bridgehead atoms. The molecule has 0 saturated carbocycles. The molecule has 1 aliphatic rings. The van der Waals surface area contributed by atoms with Crippen molar-refractivity contribution in [1.82, 2.24) is 15.2 Å². The van der Waals surface area contributed by atoms with Crippen LogP contribution in [0.3, 0.4) is 0 Å². The molecule has 1 N–H and O–H groups in total. The predicted molar refractivity (Wildman–Crippen MR) is 94.2 cm³/mol. The Hall–Kier alpha value is -1.83. The van der Waals surface area contributed by atoms with Crippen LogP contribution in [0.1, 0.15) is 5.76 Å². The van der Waals surface area contributed by atoms with E-state index in [9.17, 15) is 0 Å². The van der Waals surface area contributed by atoms with E-state index in [-0.39, 0.29) is 6.10 Å². The average Bonchev–Trinajstić information content (AvgIpc) is 3.13. The minimum absolute atomic E-state index is 0.0848. The van der Waals surface area contributed by atoms with Crippen molar-refractivity contribution >= 4 is 28.9 Å². The second-order valence-electron chi connectivity index (χ2n) is 5.28. The van der Waals surface area contributed by atoms with Gasteiger partial charge in [-0.1, -0.05) is 11.6 Å². The van der Waals surface area contributed by atoms with E-state index < -0.39 is 0 Å². The number of ether oxygens (including phenoxy) is 2. The van der Waals surface area contributed by atoms with Crippen molar-refractivity contribution in [3.63, 3.8) is 0 Å². The lowest BCUT2D eigenvalue weighted by molar-refractivity contribution is -0.0288. The number of furan rings is 1. The number of halogens is 1. The maximum atomic E-state index is 5.98. The number of hydrogen-bond donors (Lipinski definition) is 1. The lowest BCUT2D eigenvalue weighted by atomic mass is 10.3. The molecule has 2 aromatic heterocycles. The molecule has 8 heteroatoms. The number of nitrogens with one attached hydrogen (secondary N) is 1. The van der Waals surface area contributed by atoms with Crippen molar-refractivity contribution in [2.24, 2.45) is 0 Å². The van der Waals surface area contributed by atoms with Crippen LogP contribution in [0.2, 0.25) is 5.15 Å². The van der Waals surface area contributed by atoms with Gasteiger partial charge in [0.2, 0.25) is 0 Å². The van der Waals surface area contributed by atoms with Crippen molar-refractivity contribution in [1.29, 1.82) is 0 Å². The highest BCUT2D eigenvalue weighted by Crippen LogP contribution is 2.21. The van der Waals surface area contributed by atoms with Gasteiger partial charge in [-0.25, -0.2) is 4.98 Å². The maximum Gasteiger partial charge on any atom is 0.171 e. The Morgan fingerprint density at radius 3 is 3.17 bits per heavy atom. The first-order valence-corrected chi connectivity index (χ1v) is 8.41. The molecular weight excluding hydrogens is 350 g/mol. The second-order valence-corrected chi connectivity index (χ2v) is 6.02. The molecule has 0 spiro atoms.